The number of hydrogen-bond donors (Lipinski definition) is 1. The van der Waals surface area contributed by atoms with Crippen LogP contribution in [-0.4, -0.2) is 22.4 Å². The first kappa shape index (κ1) is 18.4. The molecule has 7 heteroatoms. The van der Waals surface area contributed by atoms with Crippen molar-refractivity contribution < 1.29 is 9.21 Å². The molecule has 0 radical (unpaired) electrons. The van der Waals surface area contributed by atoms with Gasteiger partial charge in [0.25, 0.3) is 0 Å². The Bertz CT molecular complexity index is 888. The molecule has 3 aromatic rings. The van der Waals surface area contributed by atoms with Gasteiger partial charge in [-0.2, -0.15) is 0 Å². The highest BCUT2D eigenvalue weighted by molar-refractivity contribution is 7.13. The lowest BCUT2D eigenvalue weighted by Gasteiger charge is -2.06. The van der Waals surface area contributed by atoms with Gasteiger partial charge in [0, 0.05) is 17.8 Å². The van der Waals surface area contributed by atoms with E-state index in [2.05, 4.69) is 10.3 Å². The summed E-state index contributed by atoms with van der Waals surface area (Å²) in [5, 5.41) is 6.19. The summed E-state index contributed by atoms with van der Waals surface area (Å²) in [6.07, 6.45) is 6.98. The molecule has 4 rings (SSSR count). The van der Waals surface area contributed by atoms with Gasteiger partial charge in [-0.15, -0.1) is 22.7 Å². The second kappa shape index (κ2) is 8.35. The lowest BCUT2D eigenvalue weighted by Crippen LogP contribution is -2.26. The van der Waals surface area contributed by atoms with Crippen molar-refractivity contribution in [3.8, 4) is 10.8 Å². The number of nitrogens with zero attached hydrogens (tertiary/aromatic N) is 2. The number of thiophene rings is 1. The summed E-state index contributed by atoms with van der Waals surface area (Å²) in [5.41, 5.74) is 2.02. The Labute approximate surface area is 166 Å². The minimum atomic E-state index is -0.0115. The zero-order chi connectivity index (χ0) is 18.6. The van der Waals surface area contributed by atoms with E-state index in [0.717, 1.165) is 24.1 Å². The van der Waals surface area contributed by atoms with Crippen LogP contribution in [0.3, 0.4) is 0 Å². The summed E-state index contributed by atoms with van der Waals surface area (Å²) >= 11 is 3.43. The Hall–Kier alpha value is -1.99. The number of oxazole rings is 1. The molecular weight excluding hydrogens is 378 g/mol. The molecule has 1 amide bonds. The summed E-state index contributed by atoms with van der Waals surface area (Å²) in [4.78, 5) is 23.9. The maximum atomic E-state index is 12.2. The number of fused-ring (bicyclic) bond motifs is 1. The standard InChI is InChI=1S/C20H23N3O2S2/c1-13-15(23-20(25-13)17-8-5-11-26-17)12-18(24)21-10-4-9-19-22-14-6-2-3-7-16(14)27-19/h5,8,11H,2-4,6-7,9-10,12H2,1H3,(H,21,24). The predicted octanol–water partition coefficient (Wildman–Crippen LogP) is 4.34. The van der Waals surface area contributed by atoms with Gasteiger partial charge < -0.3 is 9.73 Å². The zero-order valence-corrected chi connectivity index (χ0v) is 17.0. The normalized spacial score (nSPS) is 13.5. The van der Waals surface area contributed by atoms with E-state index in [1.165, 1.54) is 34.8 Å². The average molecular weight is 402 g/mol. The first-order valence-corrected chi connectivity index (χ1v) is 11.1. The van der Waals surface area contributed by atoms with Crippen molar-refractivity contribution in [1.82, 2.24) is 15.3 Å². The number of thiazole rings is 1. The van der Waals surface area contributed by atoms with Crippen molar-refractivity contribution in [2.24, 2.45) is 0 Å². The summed E-state index contributed by atoms with van der Waals surface area (Å²) in [5.74, 6) is 1.29. The molecule has 0 bridgehead atoms. The SMILES string of the molecule is Cc1oc(-c2cccs2)nc1CC(=O)NCCCc1nc2c(s1)CCCC2. The van der Waals surface area contributed by atoms with E-state index in [4.69, 9.17) is 9.40 Å². The minimum Gasteiger partial charge on any atom is -0.440 e. The van der Waals surface area contributed by atoms with Crippen LogP contribution in [-0.2, 0) is 30.5 Å². The maximum absolute atomic E-state index is 12.2. The van der Waals surface area contributed by atoms with Crippen LogP contribution in [0.25, 0.3) is 10.8 Å². The first-order chi connectivity index (χ1) is 13.2. The van der Waals surface area contributed by atoms with Crippen molar-refractivity contribution in [1.29, 1.82) is 0 Å². The van der Waals surface area contributed by atoms with Crippen LogP contribution < -0.4 is 5.32 Å². The highest BCUT2D eigenvalue weighted by atomic mass is 32.1. The molecule has 0 spiro atoms. The Morgan fingerprint density at radius 1 is 1.30 bits per heavy atom. The second-order valence-corrected chi connectivity index (χ2v) is 8.93. The molecule has 0 unspecified atom stereocenters. The summed E-state index contributed by atoms with van der Waals surface area (Å²) in [6.45, 7) is 2.52. The summed E-state index contributed by atoms with van der Waals surface area (Å²) in [6, 6.07) is 3.93. The molecule has 1 aliphatic rings. The van der Waals surface area contributed by atoms with E-state index < -0.39 is 0 Å². The highest BCUT2D eigenvalue weighted by Gasteiger charge is 2.16. The molecule has 0 fully saturated rings. The minimum absolute atomic E-state index is 0.0115. The van der Waals surface area contributed by atoms with E-state index in [0.29, 0.717) is 23.9 Å². The number of nitrogens with one attached hydrogen (secondary N) is 1. The molecule has 3 heterocycles. The molecule has 3 aromatic heterocycles. The monoisotopic (exact) mass is 401 g/mol. The summed E-state index contributed by atoms with van der Waals surface area (Å²) in [7, 11) is 0. The van der Waals surface area contributed by atoms with E-state index in [1.54, 1.807) is 11.3 Å². The van der Waals surface area contributed by atoms with Gasteiger partial charge in [0.1, 0.15) is 5.76 Å². The van der Waals surface area contributed by atoms with E-state index in [-0.39, 0.29) is 12.3 Å². The third kappa shape index (κ3) is 4.47. The predicted molar refractivity (Wildman–Crippen MR) is 108 cm³/mol. The van der Waals surface area contributed by atoms with Crippen LogP contribution in [0.5, 0.6) is 0 Å². The van der Waals surface area contributed by atoms with Gasteiger partial charge in [0.15, 0.2) is 0 Å². The fourth-order valence-corrected chi connectivity index (χ4v) is 5.14. The largest absolute Gasteiger partial charge is 0.440 e. The van der Waals surface area contributed by atoms with Crippen molar-refractivity contribution in [3.63, 3.8) is 0 Å². The average Bonchev–Trinajstić information content (AvgIpc) is 3.39. The molecule has 27 heavy (non-hydrogen) atoms. The number of carbonyl (C=O) groups is 1. The molecule has 1 N–H and O–H groups in total. The third-order valence-corrected chi connectivity index (χ3v) is 6.81. The molecule has 142 valence electrons. The van der Waals surface area contributed by atoms with E-state index in [1.807, 2.05) is 35.8 Å². The van der Waals surface area contributed by atoms with Crippen LogP contribution in [0.4, 0.5) is 0 Å². The van der Waals surface area contributed by atoms with Gasteiger partial charge in [-0.05, 0) is 50.5 Å². The molecule has 0 aromatic carbocycles. The van der Waals surface area contributed by atoms with Crippen LogP contribution in [0.15, 0.2) is 21.9 Å². The molecule has 1 aliphatic carbocycles. The zero-order valence-electron chi connectivity index (χ0n) is 15.4. The van der Waals surface area contributed by atoms with Gasteiger partial charge in [-0.1, -0.05) is 6.07 Å². The lowest BCUT2D eigenvalue weighted by molar-refractivity contribution is -0.120. The lowest BCUT2D eigenvalue weighted by atomic mass is 10.0. The van der Waals surface area contributed by atoms with Crippen LogP contribution in [0.2, 0.25) is 0 Å². The van der Waals surface area contributed by atoms with Crippen LogP contribution in [0, 0.1) is 6.92 Å². The van der Waals surface area contributed by atoms with Gasteiger partial charge in [-0.25, -0.2) is 9.97 Å². The topological polar surface area (TPSA) is 68.0 Å². The number of aromatic nitrogens is 2. The number of rotatable bonds is 7. The quantitative estimate of drug-likeness (QED) is 0.598. The summed E-state index contributed by atoms with van der Waals surface area (Å²) < 4.78 is 5.70. The second-order valence-electron chi connectivity index (χ2n) is 6.81. The van der Waals surface area contributed by atoms with Gasteiger partial charge >= 0.3 is 0 Å². The molecule has 0 atom stereocenters. The third-order valence-electron chi connectivity index (χ3n) is 4.73. The van der Waals surface area contributed by atoms with Crippen molar-refractivity contribution in [2.45, 2.75) is 51.9 Å². The van der Waals surface area contributed by atoms with Crippen LogP contribution >= 0.6 is 22.7 Å². The molecular formula is C20H23N3O2S2. The molecule has 0 saturated heterocycles. The van der Waals surface area contributed by atoms with Gasteiger partial charge in [-0.3, -0.25) is 4.79 Å². The number of hydrogen-bond acceptors (Lipinski definition) is 6. The molecule has 0 aliphatic heterocycles. The number of amides is 1. The van der Waals surface area contributed by atoms with Crippen LogP contribution in [0.1, 0.15) is 46.3 Å². The van der Waals surface area contributed by atoms with Gasteiger partial charge in [0.05, 0.1) is 27.7 Å². The molecule has 0 saturated carbocycles. The number of aryl methyl sites for hydroxylation is 4. The fourth-order valence-electron chi connectivity index (χ4n) is 3.29. The Balaban J connectivity index is 1.24. The Morgan fingerprint density at radius 2 is 2.19 bits per heavy atom. The van der Waals surface area contributed by atoms with E-state index >= 15 is 0 Å². The molecule has 5 nitrogen and oxygen atoms in total. The van der Waals surface area contributed by atoms with Crippen molar-refractivity contribution in [3.05, 3.63) is 44.5 Å². The Morgan fingerprint density at radius 3 is 3.00 bits per heavy atom. The maximum Gasteiger partial charge on any atom is 0.236 e. The highest BCUT2D eigenvalue weighted by Crippen LogP contribution is 2.27. The first-order valence-electron chi connectivity index (χ1n) is 9.43. The van der Waals surface area contributed by atoms with Crippen molar-refractivity contribution in [2.75, 3.05) is 6.54 Å². The Kier molecular flexibility index (Phi) is 5.69. The number of carbonyl (C=O) groups excluding carboxylic acids is 1. The van der Waals surface area contributed by atoms with Gasteiger partial charge in [0.2, 0.25) is 11.8 Å². The van der Waals surface area contributed by atoms with E-state index in [9.17, 15) is 4.79 Å². The fraction of sp³-hybridized carbons (Fsp3) is 0.450. The smallest absolute Gasteiger partial charge is 0.236 e. The van der Waals surface area contributed by atoms with Crippen molar-refractivity contribution >= 4 is 28.6 Å².